The van der Waals surface area contributed by atoms with E-state index in [1.165, 1.54) is 0 Å². The van der Waals surface area contributed by atoms with Crippen molar-refractivity contribution in [3.05, 3.63) is 0 Å². The standard InChI is InChI=1S/C3H8N2O3.2ClH/c4-2(1-8-5)3(6)7;;/h2H,1,4-5H2,(H,6,7);2*1H/t2-;;/m0../s1/i5D;;. The molecule has 5 nitrogen and oxygen atoms in total. The van der Waals surface area contributed by atoms with Crippen molar-refractivity contribution < 1.29 is 16.2 Å². The molecule has 0 spiro atoms. The number of aliphatic carboxylic acids is 1. The molecule has 0 aromatic rings. The second-order valence-corrected chi connectivity index (χ2v) is 1.26. The van der Waals surface area contributed by atoms with Crippen LogP contribution in [0.4, 0.5) is 0 Å². The van der Waals surface area contributed by atoms with Gasteiger partial charge in [0.2, 0.25) is 0 Å². The van der Waals surface area contributed by atoms with E-state index < -0.39 is 12.0 Å². The Kier molecular flexibility index (Phi) is 11.2. The molecule has 0 aliphatic rings. The Morgan fingerprint density at radius 1 is 1.80 bits per heavy atom. The zero-order chi connectivity index (χ0) is 7.28. The number of rotatable bonds is 4. The Labute approximate surface area is 71.9 Å². The second-order valence-electron chi connectivity index (χ2n) is 1.26. The van der Waals surface area contributed by atoms with Crippen LogP contribution in [0.1, 0.15) is 0 Å². The Bertz CT molecular complexity index is 107. The van der Waals surface area contributed by atoms with Crippen LogP contribution in [0.25, 0.3) is 0 Å². The van der Waals surface area contributed by atoms with Crippen molar-refractivity contribution in [3.63, 3.8) is 0 Å². The van der Waals surface area contributed by atoms with Gasteiger partial charge in [0.05, 0.1) is 6.61 Å². The van der Waals surface area contributed by atoms with E-state index in [1.54, 1.807) is 5.89 Å². The van der Waals surface area contributed by atoms with Crippen molar-refractivity contribution >= 4 is 30.8 Å². The zero-order valence-corrected chi connectivity index (χ0v) is 6.58. The molecule has 0 radical (unpaired) electrons. The van der Waals surface area contributed by atoms with Crippen LogP contribution >= 0.6 is 24.8 Å². The van der Waals surface area contributed by atoms with Crippen molar-refractivity contribution in [1.29, 1.82) is 0 Å². The van der Waals surface area contributed by atoms with E-state index >= 15 is 0 Å². The molecule has 1 atom stereocenters. The highest BCUT2D eigenvalue weighted by Crippen LogP contribution is 1.75. The van der Waals surface area contributed by atoms with E-state index in [1.807, 2.05) is 0 Å². The third kappa shape index (κ3) is 7.93. The number of hydrogen-bond acceptors (Lipinski definition) is 4. The van der Waals surface area contributed by atoms with Gasteiger partial charge >= 0.3 is 5.97 Å². The molecule has 5 N–H and O–H groups in total. The lowest BCUT2D eigenvalue weighted by molar-refractivity contribution is -0.140. The molecule has 64 valence electrons. The smallest absolute Gasteiger partial charge is 0.322 e. The Morgan fingerprint density at radius 2 is 2.30 bits per heavy atom. The number of hydrogen-bond donors (Lipinski definition) is 3. The first kappa shape index (κ1) is 12.6. The summed E-state index contributed by atoms with van der Waals surface area (Å²) in [5.74, 6) is 0.412. The van der Waals surface area contributed by atoms with Crippen molar-refractivity contribution in [2.24, 2.45) is 11.6 Å². The van der Waals surface area contributed by atoms with E-state index in [9.17, 15) is 4.79 Å². The molecule has 0 aromatic heterocycles. The minimum absolute atomic E-state index is 0. The molecule has 0 aliphatic heterocycles. The Hall–Kier alpha value is -0.0700. The first-order chi connectivity index (χ1) is 4.18. The van der Waals surface area contributed by atoms with Gasteiger partial charge in [-0.15, -0.1) is 24.8 Å². The molecule has 0 bridgehead atoms. The lowest BCUT2D eigenvalue weighted by atomic mass is 10.3. The van der Waals surface area contributed by atoms with E-state index in [0.717, 1.165) is 0 Å². The van der Waals surface area contributed by atoms with Crippen LogP contribution in [0.15, 0.2) is 0 Å². The third-order valence-corrected chi connectivity index (χ3v) is 0.580. The van der Waals surface area contributed by atoms with Crippen molar-refractivity contribution in [2.45, 2.75) is 6.04 Å². The summed E-state index contributed by atoms with van der Waals surface area (Å²) in [6.07, 6.45) is 0. The quantitative estimate of drug-likeness (QED) is 0.505. The summed E-state index contributed by atoms with van der Waals surface area (Å²) in [6, 6.07) is -1.07. The van der Waals surface area contributed by atoms with Gasteiger partial charge in [-0.2, -0.15) is 0 Å². The van der Waals surface area contributed by atoms with E-state index in [2.05, 4.69) is 4.84 Å². The van der Waals surface area contributed by atoms with Gasteiger partial charge in [-0.1, -0.05) is 0 Å². The fourth-order valence-electron chi connectivity index (χ4n) is 0.161. The molecule has 0 amide bonds. The molecule has 0 fully saturated rings. The molecule has 0 aliphatic carbocycles. The van der Waals surface area contributed by atoms with Gasteiger partial charge in [0.15, 0.2) is 1.41 Å². The molecule has 0 unspecified atom stereocenters. The number of halogens is 2. The lowest BCUT2D eigenvalue weighted by Gasteiger charge is -2.00. The zero-order valence-electron chi connectivity index (χ0n) is 5.94. The summed E-state index contributed by atoms with van der Waals surface area (Å²) in [4.78, 5) is 14.1. The van der Waals surface area contributed by atoms with Gasteiger partial charge in [-0.3, -0.25) is 4.79 Å². The summed E-state index contributed by atoms with van der Waals surface area (Å²) >= 11 is 0. The summed E-state index contributed by atoms with van der Waals surface area (Å²) in [6.45, 7) is -0.209. The highest BCUT2D eigenvalue weighted by Gasteiger charge is 2.09. The normalized spacial score (nSPS) is 11.9. The van der Waals surface area contributed by atoms with Crippen LogP contribution in [0, 0.1) is 0 Å². The average Bonchev–Trinajstić information content (AvgIpc) is 1.82. The molecule has 0 saturated heterocycles. The summed E-state index contributed by atoms with van der Waals surface area (Å²) < 4.78 is 6.22. The SMILES string of the molecule is Cl.Cl.[2H]NOC[C@H](N)C(=O)O. The Balaban J connectivity index is -0.000000320. The minimum Gasteiger partial charge on any atom is -0.480 e. The molecular formula is C3H10Cl2N2O3. The predicted octanol–water partition coefficient (Wildman–Crippen LogP) is -0.868. The molecule has 0 heterocycles. The first-order valence-corrected chi connectivity index (χ1v) is 1.95. The van der Waals surface area contributed by atoms with Gasteiger partial charge in [-0.25, -0.2) is 5.89 Å². The summed E-state index contributed by atoms with van der Waals surface area (Å²) in [7, 11) is 0. The first-order valence-electron chi connectivity index (χ1n) is 2.45. The number of carboxylic acids is 1. The van der Waals surface area contributed by atoms with Crippen LogP contribution in [0.2, 0.25) is 1.41 Å². The molecule has 0 saturated carbocycles. The molecular weight excluding hydrogens is 183 g/mol. The van der Waals surface area contributed by atoms with E-state index in [-0.39, 0.29) is 31.4 Å². The topological polar surface area (TPSA) is 98.6 Å². The number of carboxylic acid groups (broad SMARTS) is 1. The Morgan fingerprint density at radius 3 is 2.60 bits per heavy atom. The van der Waals surface area contributed by atoms with Gasteiger partial charge < -0.3 is 15.7 Å². The summed E-state index contributed by atoms with van der Waals surface area (Å²) in [5, 5.41) is 8.11. The van der Waals surface area contributed by atoms with Crippen molar-refractivity contribution in [2.75, 3.05) is 6.61 Å². The van der Waals surface area contributed by atoms with Crippen LogP contribution in [0.3, 0.4) is 0 Å². The van der Waals surface area contributed by atoms with Crippen LogP contribution in [0.5, 0.6) is 0 Å². The maximum absolute atomic E-state index is 9.91. The van der Waals surface area contributed by atoms with Gasteiger partial charge in [0.1, 0.15) is 6.04 Å². The maximum atomic E-state index is 9.91. The van der Waals surface area contributed by atoms with Gasteiger partial charge in [-0.05, 0) is 0 Å². The molecule has 0 aromatic carbocycles. The highest BCUT2D eigenvalue weighted by atomic mass is 35.5. The number of nitrogens with two attached hydrogens (primary N) is 2. The van der Waals surface area contributed by atoms with Crippen molar-refractivity contribution in [3.8, 4) is 0 Å². The number of carbonyl (C=O) groups is 1. The van der Waals surface area contributed by atoms with Crippen molar-refractivity contribution in [1.82, 2.24) is 0 Å². The molecule has 7 heteroatoms. The van der Waals surface area contributed by atoms with Gasteiger partial charge in [0, 0.05) is 0 Å². The summed E-state index contributed by atoms with van der Waals surface area (Å²) in [5.41, 5.74) is 4.95. The molecule has 0 rings (SSSR count). The highest BCUT2D eigenvalue weighted by molar-refractivity contribution is 5.85. The fraction of sp³-hybridized carbons (Fsp3) is 0.667. The minimum atomic E-state index is -1.15. The van der Waals surface area contributed by atoms with Gasteiger partial charge in [0.25, 0.3) is 0 Å². The average molecular weight is 194 g/mol. The lowest BCUT2D eigenvalue weighted by Crippen LogP contribution is -2.35. The largest absolute Gasteiger partial charge is 0.480 e. The predicted molar refractivity (Wildman–Crippen MR) is 40.2 cm³/mol. The second kappa shape index (κ2) is 8.93. The van der Waals surface area contributed by atoms with Crippen LogP contribution in [-0.4, -0.2) is 23.7 Å². The fourth-order valence-corrected chi connectivity index (χ4v) is 0.161. The van der Waals surface area contributed by atoms with Crippen LogP contribution in [-0.2, 0) is 9.63 Å². The monoisotopic (exact) mass is 193 g/mol. The third-order valence-electron chi connectivity index (χ3n) is 0.580. The van der Waals surface area contributed by atoms with E-state index in [4.69, 9.17) is 12.3 Å². The van der Waals surface area contributed by atoms with E-state index in [0.29, 0.717) is 0 Å². The van der Waals surface area contributed by atoms with Crippen LogP contribution < -0.4 is 11.6 Å². The molecule has 10 heavy (non-hydrogen) atoms. The maximum Gasteiger partial charge on any atom is 0.322 e.